The van der Waals surface area contributed by atoms with Crippen molar-refractivity contribution in [3.63, 3.8) is 0 Å². The van der Waals surface area contributed by atoms with Crippen LogP contribution in [0.2, 0.25) is 10.0 Å². The van der Waals surface area contributed by atoms with Gasteiger partial charge in [0, 0.05) is 26.2 Å². The molecule has 160 valence electrons. The molecule has 0 amide bonds. The molecule has 0 aliphatic rings. The average Bonchev–Trinajstić information content (AvgIpc) is 2.95. The standard InChI is InChI=1S/C16H10Cl2F5N5O2/c1-27(2)6-25-14-11(13(29)16(21,22)23)10(5-24)26-28(14)12-8(17)3-7(4-9(12)18)30-15(19)20/h3-4,6,15H,1-2H3. The molecule has 7 nitrogen and oxygen atoms in total. The van der Waals surface area contributed by atoms with Gasteiger partial charge in [0.05, 0.1) is 16.4 Å². The smallest absolute Gasteiger partial charge is 0.435 e. The second kappa shape index (κ2) is 8.85. The van der Waals surface area contributed by atoms with E-state index < -0.39 is 41.4 Å². The van der Waals surface area contributed by atoms with Gasteiger partial charge in [-0.1, -0.05) is 23.2 Å². The van der Waals surface area contributed by atoms with E-state index in [-0.39, 0.29) is 15.7 Å². The Morgan fingerprint density at radius 2 is 1.90 bits per heavy atom. The van der Waals surface area contributed by atoms with Gasteiger partial charge in [-0.05, 0) is 0 Å². The number of aromatic nitrogens is 2. The van der Waals surface area contributed by atoms with Crippen LogP contribution in [0.25, 0.3) is 5.69 Å². The van der Waals surface area contributed by atoms with Gasteiger partial charge in [-0.3, -0.25) is 4.79 Å². The number of ketones is 1. The van der Waals surface area contributed by atoms with E-state index in [1.165, 1.54) is 25.1 Å². The van der Waals surface area contributed by atoms with E-state index in [0.717, 1.165) is 18.5 Å². The largest absolute Gasteiger partial charge is 0.455 e. The molecule has 0 radical (unpaired) electrons. The highest BCUT2D eigenvalue weighted by Gasteiger charge is 2.44. The second-order valence-electron chi connectivity index (χ2n) is 5.72. The number of halogens is 7. The predicted molar refractivity (Wildman–Crippen MR) is 97.2 cm³/mol. The maximum absolute atomic E-state index is 13.1. The monoisotopic (exact) mass is 469 g/mol. The number of hydrogen-bond donors (Lipinski definition) is 0. The zero-order valence-electron chi connectivity index (χ0n) is 15.0. The summed E-state index contributed by atoms with van der Waals surface area (Å²) in [6, 6.07) is 3.21. The summed E-state index contributed by atoms with van der Waals surface area (Å²) in [6.07, 6.45) is -4.28. The van der Waals surface area contributed by atoms with Crippen molar-refractivity contribution < 1.29 is 31.5 Å². The van der Waals surface area contributed by atoms with Crippen LogP contribution in [0.15, 0.2) is 17.1 Å². The highest BCUT2D eigenvalue weighted by Crippen LogP contribution is 2.39. The lowest BCUT2D eigenvalue weighted by Gasteiger charge is -2.13. The van der Waals surface area contributed by atoms with Gasteiger partial charge < -0.3 is 9.64 Å². The molecular weight excluding hydrogens is 460 g/mol. The maximum atomic E-state index is 13.1. The lowest BCUT2D eigenvalue weighted by molar-refractivity contribution is -0.0885. The zero-order chi connectivity index (χ0) is 22.8. The van der Waals surface area contributed by atoms with E-state index in [1.807, 2.05) is 0 Å². The number of nitrogens with zero attached hydrogens (tertiary/aromatic N) is 5. The third-order valence-electron chi connectivity index (χ3n) is 3.29. The molecule has 1 aromatic carbocycles. The zero-order valence-corrected chi connectivity index (χ0v) is 16.5. The minimum Gasteiger partial charge on any atom is -0.435 e. The Kier molecular flexibility index (Phi) is 6.89. The molecule has 0 unspecified atom stereocenters. The number of alkyl halides is 5. The fraction of sp³-hybridized carbons (Fsp3) is 0.250. The Balaban J connectivity index is 2.82. The van der Waals surface area contributed by atoms with Crippen molar-refractivity contribution in [2.75, 3.05) is 14.1 Å². The van der Waals surface area contributed by atoms with Crippen molar-refractivity contribution in [1.82, 2.24) is 14.7 Å². The molecule has 0 saturated carbocycles. The average molecular weight is 470 g/mol. The normalized spacial score (nSPS) is 11.8. The number of ether oxygens (including phenoxy) is 1. The predicted octanol–water partition coefficient (Wildman–Crippen LogP) is 4.62. The van der Waals surface area contributed by atoms with Crippen LogP contribution < -0.4 is 4.74 Å². The first kappa shape index (κ1) is 23.4. The van der Waals surface area contributed by atoms with Crippen LogP contribution in [-0.4, -0.2) is 53.7 Å². The number of Topliss-reactive ketones (excluding diaryl/α,β-unsaturated/α-hetero) is 1. The summed E-state index contributed by atoms with van der Waals surface area (Å²) in [5.74, 6) is -3.48. The maximum Gasteiger partial charge on any atom is 0.455 e. The van der Waals surface area contributed by atoms with Gasteiger partial charge in [0.1, 0.15) is 23.1 Å². The van der Waals surface area contributed by atoms with Crippen molar-refractivity contribution in [2.24, 2.45) is 4.99 Å². The number of hydrogen-bond acceptors (Lipinski definition) is 5. The van der Waals surface area contributed by atoms with Crippen LogP contribution in [0.3, 0.4) is 0 Å². The molecule has 0 saturated heterocycles. The van der Waals surface area contributed by atoms with E-state index >= 15 is 0 Å². The Morgan fingerprint density at radius 3 is 2.33 bits per heavy atom. The number of nitriles is 1. The number of aliphatic imine (C=N–C) groups is 1. The topological polar surface area (TPSA) is 83.5 Å². The third-order valence-corrected chi connectivity index (χ3v) is 3.87. The van der Waals surface area contributed by atoms with Gasteiger partial charge in [0.25, 0.3) is 5.78 Å². The molecule has 30 heavy (non-hydrogen) atoms. The van der Waals surface area contributed by atoms with Crippen LogP contribution in [0.1, 0.15) is 16.1 Å². The minimum absolute atomic E-state index is 0.302. The van der Waals surface area contributed by atoms with E-state index in [2.05, 4.69) is 14.8 Å². The fourth-order valence-corrected chi connectivity index (χ4v) is 2.83. The SMILES string of the molecule is CN(C)C=Nc1c(C(=O)C(F)(F)F)c(C#N)nn1-c1c(Cl)cc(OC(F)F)cc1Cl. The first-order valence-corrected chi connectivity index (χ1v) is 8.41. The number of rotatable bonds is 6. The van der Waals surface area contributed by atoms with Crippen LogP contribution in [0.4, 0.5) is 27.8 Å². The number of carbonyl (C=O) groups is 1. The van der Waals surface area contributed by atoms with Crippen molar-refractivity contribution in [2.45, 2.75) is 12.8 Å². The summed E-state index contributed by atoms with van der Waals surface area (Å²) in [5, 5.41) is 12.1. The first-order chi connectivity index (χ1) is 13.9. The summed E-state index contributed by atoms with van der Waals surface area (Å²) < 4.78 is 68.9. The molecule has 1 heterocycles. The highest BCUT2D eigenvalue weighted by atomic mass is 35.5. The van der Waals surface area contributed by atoms with Gasteiger partial charge in [-0.25, -0.2) is 9.67 Å². The molecule has 2 aromatic rings. The van der Waals surface area contributed by atoms with Crippen molar-refractivity contribution >= 4 is 41.1 Å². The third kappa shape index (κ3) is 4.98. The van der Waals surface area contributed by atoms with Crippen molar-refractivity contribution in [3.05, 3.63) is 33.4 Å². The molecule has 0 atom stereocenters. The van der Waals surface area contributed by atoms with Gasteiger partial charge >= 0.3 is 12.8 Å². The molecular formula is C16H10Cl2F5N5O2. The van der Waals surface area contributed by atoms with Crippen molar-refractivity contribution in [1.29, 1.82) is 5.26 Å². The minimum atomic E-state index is -5.33. The van der Waals surface area contributed by atoms with Crippen LogP contribution in [0.5, 0.6) is 5.75 Å². The number of carbonyl (C=O) groups excluding carboxylic acids is 1. The highest BCUT2D eigenvalue weighted by molar-refractivity contribution is 6.38. The first-order valence-electron chi connectivity index (χ1n) is 7.66. The van der Waals surface area contributed by atoms with E-state index in [1.54, 1.807) is 0 Å². The molecule has 0 N–H and O–H groups in total. The molecule has 0 bridgehead atoms. The van der Waals surface area contributed by atoms with Gasteiger partial charge in [0.2, 0.25) is 0 Å². The second-order valence-corrected chi connectivity index (χ2v) is 6.53. The van der Waals surface area contributed by atoms with Gasteiger partial charge in [-0.15, -0.1) is 0 Å². The van der Waals surface area contributed by atoms with Crippen LogP contribution >= 0.6 is 23.2 Å². The lowest BCUT2D eigenvalue weighted by Crippen LogP contribution is -2.23. The van der Waals surface area contributed by atoms with Crippen LogP contribution in [0, 0.1) is 11.3 Å². The molecule has 0 aliphatic heterocycles. The quantitative estimate of drug-likeness (QED) is 0.266. The van der Waals surface area contributed by atoms with Gasteiger partial charge in [-0.2, -0.15) is 32.3 Å². The molecule has 0 fully saturated rings. The van der Waals surface area contributed by atoms with Crippen molar-refractivity contribution in [3.8, 4) is 17.5 Å². The van der Waals surface area contributed by atoms with Gasteiger partial charge in [0.15, 0.2) is 11.5 Å². The van der Waals surface area contributed by atoms with E-state index in [9.17, 15) is 32.0 Å². The van der Waals surface area contributed by atoms with E-state index in [4.69, 9.17) is 23.2 Å². The molecule has 1 aromatic heterocycles. The van der Waals surface area contributed by atoms with Crippen LogP contribution in [-0.2, 0) is 0 Å². The Labute approximate surface area is 175 Å². The summed E-state index contributed by atoms with van der Waals surface area (Å²) in [5.41, 5.74) is -2.31. The number of benzene rings is 1. The lowest BCUT2D eigenvalue weighted by atomic mass is 10.1. The summed E-state index contributed by atoms with van der Waals surface area (Å²) >= 11 is 12.1. The van der Waals surface area contributed by atoms with E-state index in [0.29, 0.717) is 4.68 Å². The molecule has 14 heteroatoms. The summed E-state index contributed by atoms with van der Waals surface area (Å²) in [4.78, 5) is 17.1. The molecule has 0 spiro atoms. The fourth-order valence-electron chi connectivity index (χ4n) is 2.20. The molecule has 0 aliphatic carbocycles. The Morgan fingerprint density at radius 1 is 1.33 bits per heavy atom. The Bertz CT molecular complexity index is 1020. The summed E-state index contributed by atoms with van der Waals surface area (Å²) in [6.45, 7) is -3.19. The Hall–Kier alpha value is -2.91. The molecule has 2 rings (SSSR count). The summed E-state index contributed by atoms with van der Waals surface area (Å²) in [7, 11) is 2.99.